The fourth-order valence-electron chi connectivity index (χ4n) is 3.53. The Hall–Kier alpha value is -3.55. The Labute approximate surface area is 184 Å². The van der Waals surface area contributed by atoms with Crippen molar-refractivity contribution in [3.63, 3.8) is 0 Å². The second-order valence-corrected chi connectivity index (χ2v) is 7.47. The third-order valence-corrected chi connectivity index (χ3v) is 5.23. The molecule has 12 heteroatoms. The number of aromatic hydroxyl groups is 4. The number of hydrogen-bond acceptors (Lipinski definition) is 12. The predicted octanol–water partition coefficient (Wildman–Crippen LogP) is -0.539. The van der Waals surface area contributed by atoms with Crippen LogP contribution >= 0.6 is 0 Å². The van der Waals surface area contributed by atoms with Crippen LogP contribution in [0.2, 0.25) is 0 Å². The van der Waals surface area contributed by atoms with Crippen LogP contribution in [0.4, 0.5) is 0 Å². The molecule has 12 nitrogen and oxygen atoms in total. The molecule has 33 heavy (non-hydrogen) atoms. The summed E-state index contributed by atoms with van der Waals surface area (Å²) in [5.41, 5.74) is -1.01. The SMILES string of the molecule is O=c1cc(-c2cc(OC3OC(CO)C(O)C(O)C3O)c(O)cc2O)oc2cc(O)cc(O)c12. The van der Waals surface area contributed by atoms with Gasteiger partial charge in [0.15, 0.2) is 16.9 Å². The van der Waals surface area contributed by atoms with Crippen LogP contribution in [0.25, 0.3) is 22.3 Å². The van der Waals surface area contributed by atoms with Crippen molar-refractivity contribution in [2.75, 3.05) is 6.61 Å². The summed E-state index contributed by atoms with van der Waals surface area (Å²) >= 11 is 0. The normalized spacial score (nSPS) is 25.3. The molecule has 1 saturated heterocycles. The zero-order valence-electron chi connectivity index (χ0n) is 16.7. The lowest BCUT2D eigenvalue weighted by atomic mass is 9.99. The summed E-state index contributed by atoms with van der Waals surface area (Å²) < 4.78 is 16.2. The molecule has 0 spiro atoms. The van der Waals surface area contributed by atoms with E-state index in [1.165, 1.54) is 0 Å². The molecular weight excluding hydrogens is 444 g/mol. The van der Waals surface area contributed by atoms with Crippen molar-refractivity contribution in [3.8, 4) is 40.1 Å². The van der Waals surface area contributed by atoms with Crippen LogP contribution < -0.4 is 10.2 Å². The summed E-state index contributed by atoms with van der Waals surface area (Å²) in [6, 6.07) is 4.92. The van der Waals surface area contributed by atoms with E-state index in [0.29, 0.717) is 0 Å². The Morgan fingerprint density at radius 3 is 2.27 bits per heavy atom. The topological polar surface area (TPSA) is 211 Å². The molecule has 1 aliphatic rings. The monoisotopic (exact) mass is 464 g/mol. The summed E-state index contributed by atoms with van der Waals surface area (Å²) in [5, 5.41) is 79.0. The van der Waals surface area contributed by atoms with E-state index in [9.17, 15) is 45.6 Å². The molecule has 4 rings (SSSR count). The van der Waals surface area contributed by atoms with Gasteiger partial charge in [-0.3, -0.25) is 4.79 Å². The van der Waals surface area contributed by atoms with Crippen molar-refractivity contribution in [1.82, 2.24) is 0 Å². The van der Waals surface area contributed by atoms with E-state index in [0.717, 1.165) is 30.3 Å². The number of phenolic OH excluding ortho intramolecular Hbond substituents is 4. The fraction of sp³-hybridized carbons (Fsp3) is 0.286. The van der Waals surface area contributed by atoms with E-state index in [1.807, 2.05) is 0 Å². The number of benzene rings is 2. The summed E-state index contributed by atoms with van der Waals surface area (Å²) in [5.74, 6) is -2.59. The average Bonchev–Trinajstić information content (AvgIpc) is 2.74. The Morgan fingerprint density at radius 2 is 1.58 bits per heavy atom. The van der Waals surface area contributed by atoms with E-state index in [4.69, 9.17) is 13.9 Å². The van der Waals surface area contributed by atoms with Gasteiger partial charge in [-0.2, -0.15) is 0 Å². The maximum atomic E-state index is 12.5. The molecule has 2 heterocycles. The van der Waals surface area contributed by atoms with Gasteiger partial charge < -0.3 is 54.7 Å². The molecule has 5 atom stereocenters. The number of phenols is 4. The summed E-state index contributed by atoms with van der Waals surface area (Å²) in [6.45, 7) is -0.695. The molecule has 0 saturated carbocycles. The van der Waals surface area contributed by atoms with E-state index in [-0.39, 0.29) is 33.8 Å². The molecule has 1 fully saturated rings. The van der Waals surface area contributed by atoms with Gasteiger partial charge in [-0.15, -0.1) is 0 Å². The standard InChI is InChI=1S/C21H20O12/c22-6-16-18(28)19(29)20(30)21(33-16)32-14-3-8(9(24)4-10(14)25)13-5-12(27)17-11(26)1-7(23)2-15(17)31-13/h1-5,16,18-26,28-30H,6H2. The lowest BCUT2D eigenvalue weighted by molar-refractivity contribution is -0.277. The molecule has 0 radical (unpaired) electrons. The fourth-order valence-corrected chi connectivity index (χ4v) is 3.53. The summed E-state index contributed by atoms with van der Waals surface area (Å²) in [4.78, 5) is 12.5. The minimum Gasteiger partial charge on any atom is -0.508 e. The number of ether oxygens (including phenoxy) is 2. The smallest absolute Gasteiger partial charge is 0.229 e. The lowest BCUT2D eigenvalue weighted by Crippen LogP contribution is -2.60. The third-order valence-electron chi connectivity index (χ3n) is 5.23. The number of fused-ring (bicyclic) bond motifs is 1. The van der Waals surface area contributed by atoms with Gasteiger partial charge in [0.2, 0.25) is 6.29 Å². The molecule has 3 aromatic rings. The number of rotatable bonds is 4. The van der Waals surface area contributed by atoms with Gasteiger partial charge in [0.05, 0.1) is 12.2 Å². The quantitative estimate of drug-likeness (QED) is 0.245. The highest BCUT2D eigenvalue weighted by Gasteiger charge is 2.45. The van der Waals surface area contributed by atoms with E-state index < -0.39 is 60.0 Å². The first kappa shape index (κ1) is 22.6. The summed E-state index contributed by atoms with van der Waals surface area (Å²) in [7, 11) is 0. The molecule has 5 unspecified atom stereocenters. The van der Waals surface area contributed by atoms with Crippen LogP contribution in [-0.4, -0.2) is 78.2 Å². The molecule has 176 valence electrons. The van der Waals surface area contributed by atoms with Gasteiger partial charge >= 0.3 is 0 Å². The Morgan fingerprint density at radius 1 is 0.848 bits per heavy atom. The predicted molar refractivity (Wildman–Crippen MR) is 109 cm³/mol. The Kier molecular flexibility index (Phi) is 5.78. The highest BCUT2D eigenvalue weighted by Crippen LogP contribution is 2.41. The molecule has 0 aliphatic carbocycles. The van der Waals surface area contributed by atoms with Gasteiger partial charge in [-0.05, 0) is 6.07 Å². The van der Waals surface area contributed by atoms with Gasteiger partial charge in [0, 0.05) is 24.3 Å². The van der Waals surface area contributed by atoms with Crippen molar-refractivity contribution in [2.24, 2.45) is 0 Å². The molecule has 2 aromatic carbocycles. The van der Waals surface area contributed by atoms with Gasteiger partial charge in [0.1, 0.15) is 58.4 Å². The maximum Gasteiger partial charge on any atom is 0.229 e. The van der Waals surface area contributed by atoms with Crippen molar-refractivity contribution >= 4 is 11.0 Å². The van der Waals surface area contributed by atoms with Crippen LogP contribution in [0.3, 0.4) is 0 Å². The second-order valence-electron chi connectivity index (χ2n) is 7.47. The largest absolute Gasteiger partial charge is 0.508 e. The first-order chi connectivity index (χ1) is 15.6. The van der Waals surface area contributed by atoms with Crippen LogP contribution in [0.15, 0.2) is 39.5 Å². The zero-order valence-corrected chi connectivity index (χ0v) is 16.7. The molecule has 1 aliphatic heterocycles. The van der Waals surface area contributed by atoms with Crippen LogP contribution in [0.1, 0.15) is 0 Å². The van der Waals surface area contributed by atoms with Crippen molar-refractivity contribution in [2.45, 2.75) is 30.7 Å². The van der Waals surface area contributed by atoms with Gasteiger partial charge in [0.25, 0.3) is 0 Å². The van der Waals surface area contributed by atoms with E-state index in [1.54, 1.807) is 0 Å². The third kappa shape index (κ3) is 4.01. The van der Waals surface area contributed by atoms with Crippen LogP contribution in [0.5, 0.6) is 28.7 Å². The number of hydrogen-bond donors (Lipinski definition) is 8. The summed E-state index contributed by atoms with van der Waals surface area (Å²) in [6.07, 6.45) is -7.98. The molecule has 0 amide bonds. The minimum atomic E-state index is -1.76. The number of aliphatic hydroxyl groups is 4. The van der Waals surface area contributed by atoms with E-state index >= 15 is 0 Å². The lowest BCUT2D eigenvalue weighted by Gasteiger charge is -2.39. The first-order valence-corrected chi connectivity index (χ1v) is 9.64. The molecular formula is C21H20O12. The van der Waals surface area contributed by atoms with Crippen LogP contribution in [-0.2, 0) is 4.74 Å². The Balaban J connectivity index is 1.75. The van der Waals surface area contributed by atoms with Gasteiger partial charge in [-0.25, -0.2) is 0 Å². The first-order valence-electron chi connectivity index (χ1n) is 9.64. The highest BCUT2D eigenvalue weighted by molar-refractivity contribution is 5.86. The number of aliphatic hydroxyl groups excluding tert-OH is 4. The van der Waals surface area contributed by atoms with Crippen LogP contribution in [0, 0.1) is 0 Å². The maximum absolute atomic E-state index is 12.5. The Bertz CT molecular complexity index is 1250. The minimum absolute atomic E-state index is 0.144. The second kappa shape index (κ2) is 8.42. The van der Waals surface area contributed by atoms with Crippen molar-refractivity contribution < 1.29 is 54.7 Å². The van der Waals surface area contributed by atoms with Crippen molar-refractivity contribution in [1.29, 1.82) is 0 Å². The highest BCUT2D eigenvalue weighted by atomic mass is 16.7. The molecule has 0 bridgehead atoms. The zero-order chi connectivity index (χ0) is 24.0. The molecule has 8 N–H and O–H groups in total. The van der Waals surface area contributed by atoms with Crippen molar-refractivity contribution in [3.05, 3.63) is 40.6 Å². The van der Waals surface area contributed by atoms with E-state index in [2.05, 4.69) is 0 Å². The van der Waals surface area contributed by atoms with Gasteiger partial charge in [-0.1, -0.05) is 0 Å². The average molecular weight is 464 g/mol. The molecule has 1 aromatic heterocycles.